The molecular formula is C17H22N4O2S. The van der Waals surface area contributed by atoms with Gasteiger partial charge in [-0.3, -0.25) is 4.21 Å². The minimum atomic E-state index is -1.25. The number of rotatable bonds is 6. The van der Waals surface area contributed by atoms with Crippen LogP contribution < -0.4 is 0 Å². The van der Waals surface area contributed by atoms with E-state index in [9.17, 15) is 4.21 Å². The average Bonchev–Trinajstić information content (AvgIpc) is 3.08. The van der Waals surface area contributed by atoms with Crippen LogP contribution in [0.2, 0.25) is 0 Å². The fourth-order valence-corrected chi connectivity index (χ4v) is 3.97. The van der Waals surface area contributed by atoms with Gasteiger partial charge in [0.05, 0.1) is 34.5 Å². The van der Waals surface area contributed by atoms with Gasteiger partial charge in [0.15, 0.2) is 5.16 Å². The lowest BCUT2D eigenvalue weighted by molar-refractivity contribution is 0.184. The predicted molar refractivity (Wildman–Crippen MR) is 93.6 cm³/mol. The van der Waals surface area contributed by atoms with Crippen molar-refractivity contribution in [1.82, 2.24) is 18.9 Å². The number of nitrogens with zero attached hydrogens (tertiary/aromatic N) is 4. The molecule has 1 atom stereocenters. The molecule has 0 aliphatic heterocycles. The number of ether oxygens (including phenoxy) is 1. The van der Waals surface area contributed by atoms with Gasteiger partial charge in [-0.05, 0) is 32.4 Å². The Kier molecular flexibility index (Phi) is 4.82. The molecule has 0 bridgehead atoms. The smallest absolute Gasteiger partial charge is 0.199 e. The summed E-state index contributed by atoms with van der Waals surface area (Å²) in [6.07, 6.45) is 3.89. The van der Waals surface area contributed by atoms with Gasteiger partial charge in [-0.15, -0.1) is 0 Å². The minimum absolute atomic E-state index is 0.351. The molecule has 3 heterocycles. The van der Waals surface area contributed by atoms with Crippen molar-refractivity contribution in [1.29, 1.82) is 0 Å². The highest BCUT2D eigenvalue weighted by Crippen LogP contribution is 2.18. The van der Waals surface area contributed by atoms with Gasteiger partial charge in [-0.1, -0.05) is 6.07 Å². The molecule has 3 aromatic heterocycles. The van der Waals surface area contributed by atoms with Crippen LogP contribution in [0.25, 0.3) is 5.65 Å². The van der Waals surface area contributed by atoms with Crippen molar-refractivity contribution in [2.24, 2.45) is 0 Å². The highest BCUT2D eigenvalue weighted by Gasteiger charge is 2.18. The highest BCUT2D eigenvalue weighted by molar-refractivity contribution is 7.84. The third-order valence-electron chi connectivity index (χ3n) is 4.15. The molecule has 0 spiro atoms. The van der Waals surface area contributed by atoms with E-state index in [1.54, 1.807) is 7.11 Å². The van der Waals surface area contributed by atoms with E-state index >= 15 is 0 Å². The number of aryl methyl sites for hydroxylation is 2. The van der Waals surface area contributed by atoms with Crippen LogP contribution in [0, 0.1) is 20.8 Å². The van der Waals surface area contributed by atoms with Crippen LogP contribution in [-0.2, 0) is 27.8 Å². The monoisotopic (exact) mass is 346 g/mol. The maximum atomic E-state index is 12.9. The van der Waals surface area contributed by atoms with Crippen LogP contribution in [0.4, 0.5) is 0 Å². The first-order valence-electron chi connectivity index (χ1n) is 7.85. The Morgan fingerprint density at radius 3 is 2.75 bits per heavy atom. The molecule has 7 heteroatoms. The van der Waals surface area contributed by atoms with E-state index in [0.717, 1.165) is 28.3 Å². The van der Waals surface area contributed by atoms with Crippen molar-refractivity contribution >= 4 is 16.4 Å². The summed E-state index contributed by atoms with van der Waals surface area (Å²) in [5.74, 6) is 0.351. The Bertz CT molecular complexity index is 898. The Morgan fingerprint density at radius 1 is 1.25 bits per heavy atom. The van der Waals surface area contributed by atoms with Crippen LogP contribution in [0.3, 0.4) is 0 Å². The van der Waals surface area contributed by atoms with Gasteiger partial charge >= 0.3 is 0 Å². The summed E-state index contributed by atoms with van der Waals surface area (Å²) in [7, 11) is 0.410. The zero-order valence-corrected chi connectivity index (χ0v) is 15.3. The minimum Gasteiger partial charge on any atom is -0.383 e. The first-order valence-corrected chi connectivity index (χ1v) is 9.17. The van der Waals surface area contributed by atoms with Gasteiger partial charge in [0.2, 0.25) is 0 Å². The number of imidazole rings is 2. The first kappa shape index (κ1) is 16.9. The Balaban J connectivity index is 1.88. The SMILES string of the molecule is COCCn1c(S(=O)Cc2cn3cccc(C)c3n2)nc(C)c1C. The van der Waals surface area contributed by atoms with E-state index in [-0.39, 0.29) is 0 Å². The number of hydrogen-bond donors (Lipinski definition) is 0. The maximum Gasteiger partial charge on any atom is 0.199 e. The van der Waals surface area contributed by atoms with E-state index in [1.165, 1.54) is 0 Å². The summed E-state index contributed by atoms with van der Waals surface area (Å²) in [6, 6.07) is 4.00. The lowest BCUT2D eigenvalue weighted by Crippen LogP contribution is -2.12. The Morgan fingerprint density at radius 2 is 2.04 bits per heavy atom. The fraction of sp³-hybridized carbons (Fsp3) is 0.412. The molecule has 0 radical (unpaired) electrons. The largest absolute Gasteiger partial charge is 0.383 e. The third-order valence-corrected chi connectivity index (χ3v) is 5.43. The molecule has 128 valence electrons. The van der Waals surface area contributed by atoms with Crippen LogP contribution in [0.1, 0.15) is 22.6 Å². The molecule has 3 aromatic rings. The van der Waals surface area contributed by atoms with Gasteiger partial charge in [0, 0.05) is 31.7 Å². The summed E-state index contributed by atoms with van der Waals surface area (Å²) >= 11 is 0. The molecular weight excluding hydrogens is 324 g/mol. The first-order chi connectivity index (χ1) is 11.5. The van der Waals surface area contributed by atoms with Crippen LogP contribution >= 0.6 is 0 Å². The number of hydrogen-bond acceptors (Lipinski definition) is 4. The summed E-state index contributed by atoms with van der Waals surface area (Å²) < 4.78 is 22.0. The average molecular weight is 346 g/mol. The molecule has 1 unspecified atom stereocenters. The van der Waals surface area contributed by atoms with Gasteiger partial charge in [0.25, 0.3) is 0 Å². The van der Waals surface area contributed by atoms with Crippen LogP contribution in [0.5, 0.6) is 0 Å². The zero-order chi connectivity index (χ0) is 17.3. The van der Waals surface area contributed by atoms with Gasteiger partial charge in [0.1, 0.15) is 5.65 Å². The molecule has 0 aliphatic carbocycles. The van der Waals surface area contributed by atoms with Crippen molar-refractivity contribution < 1.29 is 8.95 Å². The van der Waals surface area contributed by atoms with Crippen LogP contribution in [-0.4, -0.2) is 36.9 Å². The number of pyridine rings is 1. The predicted octanol–water partition coefficient (Wildman–Crippen LogP) is 2.41. The van der Waals surface area contributed by atoms with E-state index < -0.39 is 10.8 Å². The van der Waals surface area contributed by atoms with Gasteiger partial charge < -0.3 is 13.7 Å². The normalized spacial score (nSPS) is 12.8. The summed E-state index contributed by atoms with van der Waals surface area (Å²) in [4.78, 5) is 9.11. The second-order valence-corrected chi connectivity index (χ2v) is 7.20. The lowest BCUT2D eigenvalue weighted by atomic mass is 10.3. The molecule has 24 heavy (non-hydrogen) atoms. The van der Waals surface area contributed by atoms with Crippen molar-refractivity contribution in [2.75, 3.05) is 13.7 Å². The molecule has 3 rings (SSSR count). The number of methoxy groups -OCH3 is 1. The standard InChI is InChI=1S/C17H22N4O2S/c1-12-6-5-7-20-10-15(19-16(12)20)11-24(22)17-18-13(2)14(3)21(17)8-9-23-4/h5-7,10H,8-9,11H2,1-4H3. The summed E-state index contributed by atoms with van der Waals surface area (Å²) in [6.45, 7) is 7.16. The van der Waals surface area contributed by atoms with Crippen molar-refractivity contribution in [3.8, 4) is 0 Å². The van der Waals surface area contributed by atoms with Gasteiger partial charge in [-0.2, -0.15) is 0 Å². The third kappa shape index (κ3) is 3.14. The molecule has 0 N–H and O–H groups in total. The quantitative estimate of drug-likeness (QED) is 0.688. The van der Waals surface area contributed by atoms with Crippen molar-refractivity contribution in [3.63, 3.8) is 0 Å². The van der Waals surface area contributed by atoms with E-state index in [1.807, 2.05) is 54.3 Å². The summed E-state index contributed by atoms with van der Waals surface area (Å²) in [5, 5.41) is 0.593. The fourth-order valence-electron chi connectivity index (χ4n) is 2.72. The molecule has 0 aromatic carbocycles. The molecule has 0 amide bonds. The maximum absolute atomic E-state index is 12.9. The second kappa shape index (κ2) is 6.86. The number of fused-ring (bicyclic) bond motifs is 1. The topological polar surface area (TPSA) is 61.4 Å². The highest BCUT2D eigenvalue weighted by atomic mass is 32.2. The zero-order valence-electron chi connectivity index (χ0n) is 14.4. The summed E-state index contributed by atoms with van der Waals surface area (Å²) in [5.41, 5.74) is 4.74. The Labute approximate surface area is 144 Å². The van der Waals surface area contributed by atoms with Crippen LogP contribution in [0.15, 0.2) is 29.7 Å². The number of aromatic nitrogens is 4. The van der Waals surface area contributed by atoms with Gasteiger partial charge in [-0.25, -0.2) is 9.97 Å². The molecule has 0 fully saturated rings. The molecule has 0 saturated carbocycles. The lowest BCUT2D eigenvalue weighted by Gasteiger charge is -2.08. The van der Waals surface area contributed by atoms with E-state index in [2.05, 4.69) is 9.97 Å². The molecule has 0 saturated heterocycles. The van der Waals surface area contributed by atoms with E-state index in [4.69, 9.17) is 4.74 Å². The van der Waals surface area contributed by atoms with E-state index in [0.29, 0.717) is 24.1 Å². The second-order valence-electron chi connectivity index (χ2n) is 5.85. The Hall–Kier alpha value is -1.99. The van der Waals surface area contributed by atoms with Crippen molar-refractivity contribution in [2.45, 2.75) is 38.2 Å². The van der Waals surface area contributed by atoms with Crippen molar-refractivity contribution in [3.05, 3.63) is 47.2 Å². The molecule has 6 nitrogen and oxygen atoms in total. The molecule has 0 aliphatic rings.